The van der Waals surface area contributed by atoms with E-state index in [1.165, 1.54) is 6.92 Å². The molecule has 0 saturated carbocycles. The van der Waals surface area contributed by atoms with Crippen molar-refractivity contribution in [1.82, 2.24) is 4.90 Å². The second-order valence-corrected chi connectivity index (χ2v) is 2.12. The monoisotopic (exact) mass is 207 g/mol. The second-order valence-electron chi connectivity index (χ2n) is 2.12. The summed E-state index contributed by atoms with van der Waals surface area (Å²) in [7, 11) is 0. The van der Waals surface area contributed by atoms with Crippen LogP contribution in [0.1, 0.15) is 6.92 Å². The van der Waals surface area contributed by atoms with Crippen LogP contribution in [-0.4, -0.2) is 24.0 Å². The summed E-state index contributed by atoms with van der Waals surface area (Å²) in [6.45, 7) is 0.119. The molecule has 0 aromatic rings. The number of nitrogens with zero attached hydrogens (tertiary/aromatic N) is 1. The molecule has 1 nitrogen and oxygen atoms in total. The van der Waals surface area contributed by atoms with Crippen LogP contribution in [0.5, 0.6) is 0 Å². The lowest BCUT2D eigenvalue weighted by atomic mass is 10.5. The molecule has 0 rings (SSSR count). The van der Waals surface area contributed by atoms with Crippen molar-refractivity contribution in [3.63, 3.8) is 0 Å². The van der Waals surface area contributed by atoms with Crippen LogP contribution in [0, 0.1) is 0 Å². The Morgan fingerprint density at radius 3 is 1.62 bits per heavy atom. The van der Waals surface area contributed by atoms with Crippen LogP contribution in [0.25, 0.3) is 0 Å². The first kappa shape index (κ1) is 12.3. The lowest BCUT2D eigenvalue weighted by molar-refractivity contribution is -0.369. The van der Waals surface area contributed by atoms with E-state index in [2.05, 4.69) is 0 Å². The minimum Gasteiger partial charge on any atom is -0.155 e. The highest BCUT2D eigenvalue weighted by Crippen LogP contribution is 2.32. The predicted octanol–water partition coefficient (Wildman–Crippen LogP) is 2.90. The third-order valence-electron chi connectivity index (χ3n) is 1.14. The molecule has 0 unspecified atom stereocenters. The van der Waals surface area contributed by atoms with Crippen molar-refractivity contribution in [2.24, 2.45) is 0 Å². The summed E-state index contributed by atoms with van der Waals surface area (Å²) in [6, 6.07) is 0. The van der Waals surface area contributed by atoms with Gasteiger partial charge in [0, 0.05) is 6.54 Å². The Morgan fingerprint density at radius 1 is 1.00 bits per heavy atom. The molecule has 0 bridgehead atoms. The highest BCUT2D eigenvalue weighted by atomic mass is 19.4. The normalized spacial score (nSPS) is 14.5. The maximum Gasteiger partial charge on any atom is 0.467 e. The zero-order valence-corrected chi connectivity index (χ0v) is 6.58. The SMILES string of the molecule is C/C=C/CN(C(F)(F)F)C(F)(F)F. The van der Waals surface area contributed by atoms with Crippen LogP contribution < -0.4 is 0 Å². The Labute approximate surface area is 70.6 Å². The van der Waals surface area contributed by atoms with Crippen LogP contribution in [0.3, 0.4) is 0 Å². The summed E-state index contributed by atoms with van der Waals surface area (Å²) in [4.78, 5) is -1.50. The maximum absolute atomic E-state index is 11.7. The molecule has 0 aliphatic rings. The highest BCUT2D eigenvalue weighted by Gasteiger charge is 2.52. The first-order valence-electron chi connectivity index (χ1n) is 3.22. The van der Waals surface area contributed by atoms with Gasteiger partial charge in [0.15, 0.2) is 0 Å². The Kier molecular flexibility index (Phi) is 3.77. The lowest BCUT2D eigenvalue weighted by Crippen LogP contribution is -2.47. The first-order valence-corrected chi connectivity index (χ1v) is 3.22. The minimum atomic E-state index is -5.39. The van der Waals surface area contributed by atoms with Gasteiger partial charge in [0.25, 0.3) is 0 Å². The molecule has 0 spiro atoms. The van der Waals surface area contributed by atoms with Crippen molar-refractivity contribution in [2.75, 3.05) is 6.54 Å². The molecule has 0 fully saturated rings. The molecule has 0 N–H and O–H groups in total. The van der Waals surface area contributed by atoms with Gasteiger partial charge in [-0.1, -0.05) is 12.2 Å². The Bertz CT molecular complexity index is 165. The Balaban J connectivity index is 4.57. The van der Waals surface area contributed by atoms with Crippen LogP contribution >= 0.6 is 0 Å². The van der Waals surface area contributed by atoms with E-state index in [0.717, 1.165) is 12.2 Å². The minimum absolute atomic E-state index is 0.779. The van der Waals surface area contributed by atoms with E-state index in [4.69, 9.17) is 0 Å². The fourth-order valence-electron chi connectivity index (χ4n) is 0.562. The van der Waals surface area contributed by atoms with Crippen molar-refractivity contribution in [3.8, 4) is 0 Å². The Morgan fingerprint density at radius 2 is 1.38 bits per heavy atom. The van der Waals surface area contributed by atoms with Gasteiger partial charge in [0.05, 0.1) is 0 Å². The van der Waals surface area contributed by atoms with Crippen molar-refractivity contribution in [2.45, 2.75) is 19.5 Å². The van der Waals surface area contributed by atoms with Crippen molar-refractivity contribution < 1.29 is 26.3 Å². The molecule has 0 aliphatic carbocycles. The molecule has 78 valence electrons. The summed E-state index contributed by atoms with van der Waals surface area (Å²) >= 11 is 0. The molecule has 0 aromatic carbocycles. The quantitative estimate of drug-likeness (QED) is 0.382. The summed E-state index contributed by atoms with van der Waals surface area (Å²) in [5.74, 6) is 0. The first-order chi connectivity index (χ1) is 5.69. The fourth-order valence-corrected chi connectivity index (χ4v) is 0.562. The molecule has 13 heavy (non-hydrogen) atoms. The van der Waals surface area contributed by atoms with Crippen LogP contribution in [-0.2, 0) is 0 Å². The summed E-state index contributed by atoms with van der Waals surface area (Å²) in [6.07, 6.45) is -8.89. The molecule has 7 heteroatoms. The van der Waals surface area contributed by atoms with Gasteiger partial charge in [0.2, 0.25) is 0 Å². The summed E-state index contributed by atoms with van der Waals surface area (Å²) in [5.41, 5.74) is 0. The van der Waals surface area contributed by atoms with E-state index in [0.29, 0.717) is 0 Å². The van der Waals surface area contributed by atoms with Gasteiger partial charge in [-0.15, -0.1) is 4.90 Å². The van der Waals surface area contributed by atoms with E-state index in [1.807, 2.05) is 0 Å². The Hall–Kier alpha value is -0.720. The third kappa shape index (κ3) is 4.16. The summed E-state index contributed by atoms with van der Waals surface area (Å²) < 4.78 is 70.3. The number of allylic oxidation sites excluding steroid dienone is 1. The number of rotatable bonds is 2. The molecular formula is C6H7F6N. The number of hydrogen-bond acceptors (Lipinski definition) is 1. The van der Waals surface area contributed by atoms with Gasteiger partial charge in [-0.3, -0.25) is 0 Å². The van der Waals surface area contributed by atoms with Gasteiger partial charge in [0.1, 0.15) is 0 Å². The van der Waals surface area contributed by atoms with Crippen LogP contribution in [0.4, 0.5) is 26.3 Å². The smallest absolute Gasteiger partial charge is 0.155 e. The molecule has 0 aliphatic heterocycles. The zero-order chi connectivity index (χ0) is 10.7. The van der Waals surface area contributed by atoms with Gasteiger partial charge in [-0.05, 0) is 6.92 Å². The van der Waals surface area contributed by atoms with E-state index in [-0.39, 0.29) is 0 Å². The van der Waals surface area contributed by atoms with E-state index < -0.39 is 24.0 Å². The predicted molar refractivity (Wildman–Crippen MR) is 33.6 cm³/mol. The molecule has 0 radical (unpaired) electrons. The maximum atomic E-state index is 11.7. The van der Waals surface area contributed by atoms with Crippen molar-refractivity contribution in [1.29, 1.82) is 0 Å². The summed E-state index contributed by atoms with van der Waals surface area (Å²) in [5, 5.41) is 0. The van der Waals surface area contributed by atoms with Crippen molar-refractivity contribution in [3.05, 3.63) is 12.2 Å². The van der Waals surface area contributed by atoms with Gasteiger partial charge in [-0.2, -0.15) is 26.3 Å². The molecule has 0 amide bonds. The molecule has 0 heterocycles. The van der Waals surface area contributed by atoms with Gasteiger partial charge >= 0.3 is 12.6 Å². The average Bonchev–Trinajstić information content (AvgIpc) is 1.81. The molecule has 0 atom stereocenters. The largest absolute Gasteiger partial charge is 0.467 e. The van der Waals surface area contributed by atoms with E-state index in [1.54, 1.807) is 0 Å². The lowest BCUT2D eigenvalue weighted by Gasteiger charge is -2.25. The molecular weight excluding hydrogens is 200 g/mol. The van der Waals surface area contributed by atoms with Crippen LogP contribution in [0.15, 0.2) is 12.2 Å². The standard InChI is InChI=1S/C6H7F6N/c1-2-3-4-13(5(7,8)9)6(10,11)12/h2-3H,4H2,1H3/b3-2+. The van der Waals surface area contributed by atoms with E-state index in [9.17, 15) is 26.3 Å². The average molecular weight is 207 g/mol. The number of alkyl halides is 6. The second kappa shape index (κ2) is 3.99. The fraction of sp³-hybridized carbons (Fsp3) is 0.667. The topological polar surface area (TPSA) is 3.24 Å². The third-order valence-corrected chi connectivity index (χ3v) is 1.14. The van der Waals surface area contributed by atoms with Gasteiger partial charge < -0.3 is 0 Å². The molecule has 0 aromatic heterocycles. The van der Waals surface area contributed by atoms with Gasteiger partial charge in [-0.25, -0.2) is 0 Å². The van der Waals surface area contributed by atoms with E-state index >= 15 is 0 Å². The van der Waals surface area contributed by atoms with Crippen molar-refractivity contribution >= 4 is 0 Å². The zero-order valence-electron chi connectivity index (χ0n) is 6.58. The highest BCUT2D eigenvalue weighted by molar-refractivity contribution is 4.82. The number of hydrogen-bond donors (Lipinski definition) is 0. The van der Waals surface area contributed by atoms with Crippen LogP contribution in [0.2, 0.25) is 0 Å². The molecule has 0 saturated heterocycles. The number of halogens is 6.